The lowest BCUT2D eigenvalue weighted by atomic mass is 9.49. The van der Waals surface area contributed by atoms with Crippen LogP contribution < -0.4 is 5.32 Å². The summed E-state index contributed by atoms with van der Waals surface area (Å²) in [6.45, 7) is 4.94. The molecule has 5 rings (SSSR count). The Hall–Kier alpha value is -1.31. The number of rotatable bonds is 3. The first-order valence-electron chi connectivity index (χ1n) is 8.88. The summed E-state index contributed by atoms with van der Waals surface area (Å²) < 4.78 is 0. The van der Waals surface area contributed by atoms with Crippen molar-refractivity contribution in [2.45, 2.75) is 58.9 Å². The summed E-state index contributed by atoms with van der Waals surface area (Å²) in [5.74, 6) is 2.83. The Kier molecular flexibility index (Phi) is 3.32. The molecule has 4 fully saturated rings. The molecule has 0 radical (unpaired) electrons. The molecule has 2 heteroatoms. The Labute approximate surface area is 133 Å². The van der Waals surface area contributed by atoms with E-state index in [2.05, 4.69) is 37.4 Å². The number of nitrogens with one attached hydrogen (secondary N) is 1. The monoisotopic (exact) mass is 297 g/mol. The lowest BCUT2D eigenvalue weighted by molar-refractivity contribution is -0.146. The van der Waals surface area contributed by atoms with Crippen molar-refractivity contribution >= 4 is 5.91 Å². The molecule has 1 aromatic carbocycles. The molecule has 0 aromatic heterocycles. The van der Waals surface area contributed by atoms with Crippen molar-refractivity contribution in [3.63, 3.8) is 0 Å². The maximum Gasteiger partial charge on any atom is 0.226 e. The number of hydrogen-bond acceptors (Lipinski definition) is 1. The number of benzene rings is 1. The molecule has 4 saturated carbocycles. The molecule has 0 heterocycles. The summed E-state index contributed by atoms with van der Waals surface area (Å²) in [6, 6.07) is 6.50. The van der Waals surface area contributed by atoms with Gasteiger partial charge in [0.15, 0.2) is 0 Å². The summed E-state index contributed by atoms with van der Waals surface area (Å²) in [6.07, 6.45) is 7.63. The van der Waals surface area contributed by atoms with Gasteiger partial charge in [-0.05, 0) is 81.3 Å². The average molecular weight is 297 g/mol. The highest BCUT2D eigenvalue weighted by Gasteiger charge is 2.54. The Morgan fingerprint density at radius 3 is 2.23 bits per heavy atom. The van der Waals surface area contributed by atoms with Gasteiger partial charge in [0, 0.05) is 12.0 Å². The molecule has 22 heavy (non-hydrogen) atoms. The minimum absolute atomic E-state index is 0.0205. The molecule has 0 atom stereocenters. The number of amides is 1. The largest absolute Gasteiger partial charge is 0.352 e. The van der Waals surface area contributed by atoms with E-state index in [4.69, 9.17) is 0 Å². The second kappa shape index (κ2) is 5.11. The average Bonchev–Trinajstić information content (AvgIpc) is 2.44. The minimum Gasteiger partial charge on any atom is -0.352 e. The highest BCUT2D eigenvalue weighted by Crippen LogP contribution is 2.60. The van der Waals surface area contributed by atoms with Gasteiger partial charge in [0.05, 0.1) is 0 Å². The molecule has 2 nitrogen and oxygen atoms in total. The van der Waals surface area contributed by atoms with Gasteiger partial charge in [-0.15, -0.1) is 0 Å². The van der Waals surface area contributed by atoms with Crippen molar-refractivity contribution in [3.8, 4) is 0 Å². The molecule has 1 N–H and O–H groups in total. The van der Waals surface area contributed by atoms with Crippen molar-refractivity contribution in [2.75, 3.05) is 0 Å². The van der Waals surface area contributed by atoms with Crippen LogP contribution in [0, 0.1) is 37.0 Å². The van der Waals surface area contributed by atoms with E-state index in [0.29, 0.717) is 12.5 Å². The Balaban J connectivity index is 1.46. The highest BCUT2D eigenvalue weighted by molar-refractivity contribution is 5.83. The third-order valence-electron chi connectivity index (χ3n) is 6.46. The van der Waals surface area contributed by atoms with Crippen LogP contribution in [0.15, 0.2) is 18.2 Å². The van der Waals surface area contributed by atoms with Crippen LogP contribution in [-0.2, 0) is 11.3 Å². The van der Waals surface area contributed by atoms with Crippen LogP contribution in [0.1, 0.15) is 55.2 Å². The summed E-state index contributed by atoms with van der Waals surface area (Å²) in [4.78, 5) is 12.9. The molecule has 4 aliphatic rings. The van der Waals surface area contributed by atoms with Gasteiger partial charge in [0.2, 0.25) is 5.91 Å². The summed E-state index contributed by atoms with van der Waals surface area (Å²) in [7, 11) is 0. The second-order valence-corrected chi connectivity index (χ2v) is 8.31. The van der Waals surface area contributed by atoms with Gasteiger partial charge in [-0.25, -0.2) is 0 Å². The van der Waals surface area contributed by atoms with Crippen LogP contribution >= 0.6 is 0 Å². The van der Waals surface area contributed by atoms with E-state index in [1.165, 1.54) is 36.0 Å². The highest BCUT2D eigenvalue weighted by atomic mass is 16.2. The minimum atomic E-state index is -0.0205. The van der Waals surface area contributed by atoms with Crippen LogP contribution in [0.5, 0.6) is 0 Å². The zero-order chi connectivity index (χ0) is 15.3. The van der Waals surface area contributed by atoms with Crippen molar-refractivity contribution in [1.29, 1.82) is 0 Å². The van der Waals surface area contributed by atoms with Gasteiger partial charge in [0.1, 0.15) is 0 Å². The summed E-state index contributed by atoms with van der Waals surface area (Å²) in [5.41, 5.74) is 3.80. The van der Waals surface area contributed by atoms with Crippen molar-refractivity contribution in [3.05, 3.63) is 34.9 Å². The Bertz CT molecular complexity index is 568. The number of carbonyl (C=O) groups excluding carboxylic acids is 1. The SMILES string of the molecule is Cc1ccc(CNC(=O)C23CC4CC(CC(C4)C2)C3)c(C)c1. The molecule has 1 aromatic rings. The predicted molar refractivity (Wildman–Crippen MR) is 88.4 cm³/mol. The third kappa shape index (κ3) is 2.37. The fourth-order valence-electron chi connectivity index (χ4n) is 5.80. The normalized spacial score (nSPS) is 35.6. The topological polar surface area (TPSA) is 29.1 Å². The van der Waals surface area contributed by atoms with E-state index in [-0.39, 0.29) is 5.41 Å². The van der Waals surface area contributed by atoms with Crippen LogP contribution in [-0.4, -0.2) is 5.91 Å². The first kappa shape index (κ1) is 14.3. The zero-order valence-corrected chi connectivity index (χ0v) is 13.8. The molecule has 0 unspecified atom stereocenters. The third-order valence-corrected chi connectivity index (χ3v) is 6.46. The Morgan fingerprint density at radius 2 is 1.68 bits per heavy atom. The van der Waals surface area contributed by atoms with E-state index in [9.17, 15) is 4.79 Å². The lowest BCUT2D eigenvalue weighted by Crippen LogP contribution is -2.53. The Morgan fingerprint density at radius 1 is 1.09 bits per heavy atom. The summed E-state index contributed by atoms with van der Waals surface area (Å²) in [5, 5.41) is 3.28. The van der Waals surface area contributed by atoms with Crippen molar-refractivity contribution in [2.24, 2.45) is 23.2 Å². The zero-order valence-electron chi connectivity index (χ0n) is 13.8. The molecule has 4 aliphatic carbocycles. The van der Waals surface area contributed by atoms with Gasteiger partial charge < -0.3 is 5.32 Å². The number of aryl methyl sites for hydroxylation is 2. The molecule has 118 valence electrons. The van der Waals surface area contributed by atoms with Gasteiger partial charge in [-0.1, -0.05) is 23.8 Å². The lowest BCUT2D eigenvalue weighted by Gasteiger charge is -2.55. The smallest absolute Gasteiger partial charge is 0.226 e. The molecule has 0 aliphatic heterocycles. The first-order chi connectivity index (χ1) is 10.5. The van der Waals surface area contributed by atoms with Crippen molar-refractivity contribution in [1.82, 2.24) is 5.32 Å². The first-order valence-corrected chi connectivity index (χ1v) is 8.88. The van der Waals surface area contributed by atoms with E-state index in [1.54, 1.807) is 0 Å². The van der Waals surface area contributed by atoms with Crippen LogP contribution in [0.2, 0.25) is 0 Å². The van der Waals surface area contributed by atoms with E-state index in [0.717, 1.165) is 37.0 Å². The van der Waals surface area contributed by atoms with Gasteiger partial charge >= 0.3 is 0 Å². The molecule has 1 amide bonds. The van der Waals surface area contributed by atoms with Crippen molar-refractivity contribution < 1.29 is 4.79 Å². The van der Waals surface area contributed by atoms with Crippen LogP contribution in [0.4, 0.5) is 0 Å². The molecule has 0 spiro atoms. The predicted octanol–water partition coefficient (Wildman–Crippen LogP) is 4.14. The van der Waals surface area contributed by atoms with Crippen LogP contribution in [0.3, 0.4) is 0 Å². The maximum absolute atomic E-state index is 12.9. The standard InChI is InChI=1S/C20H27NO/c1-13-3-4-18(14(2)5-13)12-21-19(22)20-9-15-6-16(10-20)8-17(7-15)11-20/h3-5,15-17H,6-12H2,1-2H3,(H,21,22). The van der Waals surface area contributed by atoms with Gasteiger partial charge in [-0.2, -0.15) is 0 Å². The fraction of sp³-hybridized carbons (Fsp3) is 0.650. The number of carbonyl (C=O) groups is 1. The maximum atomic E-state index is 12.9. The molecular formula is C20H27NO. The van der Waals surface area contributed by atoms with Gasteiger partial charge in [-0.3, -0.25) is 4.79 Å². The van der Waals surface area contributed by atoms with E-state index in [1.807, 2.05) is 0 Å². The van der Waals surface area contributed by atoms with E-state index >= 15 is 0 Å². The van der Waals surface area contributed by atoms with E-state index < -0.39 is 0 Å². The van der Waals surface area contributed by atoms with Crippen LogP contribution in [0.25, 0.3) is 0 Å². The molecule has 4 bridgehead atoms. The second-order valence-electron chi connectivity index (χ2n) is 8.31. The fourth-order valence-corrected chi connectivity index (χ4v) is 5.80. The molecular weight excluding hydrogens is 270 g/mol. The number of hydrogen-bond donors (Lipinski definition) is 1. The quantitative estimate of drug-likeness (QED) is 0.892. The molecule has 0 saturated heterocycles. The van der Waals surface area contributed by atoms with Gasteiger partial charge in [0.25, 0.3) is 0 Å². The summed E-state index contributed by atoms with van der Waals surface area (Å²) >= 11 is 0.